The quantitative estimate of drug-likeness (QED) is 0.177. The molecule has 3 nitrogen and oxygen atoms in total. The Kier molecular flexibility index (Phi) is 20.1. The largest absolute Gasteiger partial charge is 0.329 e. The summed E-state index contributed by atoms with van der Waals surface area (Å²) >= 11 is 0. The first-order chi connectivity index (χ1) is 13.1. The highest BCUT2D eigenvalue weighted by atomic mass is 15.0. The van der Waals surface area contributed by atoms with Crippen molar-refractivity contribution in [2.45, 2.75) is 135 Å². The first kappa shape index (κ1) is 26.6. The number of nitrogens with one attached hydrogen (secondary N) is 1. The summed E-state index contributed by atoms with van der Waals surface area (Å²) in [4.78, 5) is 0. The number of allylic oxidation sites excluding steroid dienone is 2. The van der Waals surface area contributed by atoms with Gasteiger partial charge < -0.3 is 16.8 Å². The average molecular weight is 382 g/mol. The van der Waals surface area contributed by atoms with E-state index in [1.807, 2.05) is 0 Å². The van der Waals surface area contributed by atoms with Crippen LogP contribution in [0.5, 0.6) is 0 Å². The van der Waals surface area contributed by atoms with Gasteiger partial charge in [-0.25, -0.2) is 0 Å². The predicted octanol–water partition coefficient (Wildman–Crippen LogP) is 6.07. The Labute approximate surface area is 171 Å². The number of hydrogen-bond donors (Lipinski definition) is 3. The molecular weight excluding hydrogens is 330 g/mol. The number of unbranched alkanes of at least 4 members (excludes halogenated alkanes) is 12. The second-order valence-corrected chi connectivity index (χ2v) is 8.50. The van der Waals surface area contributed by atoms with Crippen molar-refractivity contribution in [3.05, 3.63) is 12.2 Å². The molecule has 3 unspecified atom stereocenters. The summed E-state index contributed by atoms with van der Waals surface area (Å²) < 4.78 is 0. The van der Waals surface area contributed by atoms with Gasteiger partial charge in [0.05, 0.1) is 0 Å². The Morgan fingerprint density at radius 3 is 1.70 bits per heavy atom. The van der Waals surface area contributed by atoms with Crippen molar-refractivity contribution in [2.24, 2.45) is 11.5 Å². The second-order valence-electron chi connectivity index (χ2n) is 8.50. The summed E-state index contributed by atoms with van der Waals surface area (Å²) in [5.74, 6) is 0. The van der Waals surface area contributed by atoms with Crippen molar-refractivity contribution in [3.63, 3.8) is 0 Å². The lowest BCUT2D eigenvalue weighted by Gasteiger charge is -2.25. The molecular formula is C24H51N3. The fourth-order valence-electron chi connectivity index (χ4n) is 3.54. The molecule has 0 aromatic carbocycles. The van der Waals surface area contributed by atoms with Gasteiger partial charge in [-0.15, -0.1) is 0 Å². The fourth-order valence-corrected chi connectivity index (χ4v) is 3.54. The second kappa shape index (κ2) is 20.4. The van der Waals surface area contributed by atoms with E-state index < -0.39 is 0 Å². The molecule has 0 aliphatic rings. The first-order valence-electron chi connectivity index (χ1n) is 12.0. The summed E-state index contributed by atoms with van der Waals surface area (Å²) in [6, 6.07) is 0.956. The lowest BCUT2D eigenvalue weighted by molar-refractivity contribution is 0.369. The van der Waals surface area contributed by atoms with E-state index in [4.69, 9.17) is 11.5 Å². The van der Waals surface area contributed by atoms with Crippen LogP contribution in [0.4, 0.5) is 0 Å². The zero-order valence-corrected chi connectivity index (χ0v) is 18.9. The van der Waals surface area contributed by atoms with E-state index in [1.165, 1.54) is 96.3 Å². The van der Waals surface area contributed by atoms with Gasteiger partial charge in [-0.3, -0.25) is 0 Å². The van der Waals surface area contributed by atoms with Gasteiger partial charge in [-0.2, -0.15) is 0 Å². The molecule has 0 amide bonds. The number of rotatable bonds is 20. The van der Waals surface area contributed by atoms with E-state index in [0.29, 0.717) is 18.6 Å². The van der Waals surface area contributed by atoms with Crippen LogP contribution in [0.25, 0.3) is 0 Å². The van der Waals surface area contributed by atoms with Crippen LogP contribution in [-0.2, 0) is 0 Å². The summed E-state index contributed by atoms with van der Waals surface area (Å²) in [5.41, 5.74) is 11.8. The highest BCUT2D eigenvalue weighted by Gasteiger charge is 2.14. The van der Waals surface area contributed by atoms with Crippen LogP contribution in [0, 0.1) is 0 Å². The molecule has 0 heterocycles. The molecule has 0 bridgehead atoms. The molecule has 0 radical (unpaired) electrons. The standard InChI is InChI=1S/C24H51N3/c1-4-5-6-7-8-9-10-11-12-13-14-15-16-17-18-19-20-24(23(3)26)27-22(2)21-25/h11-12,22-24,27H,4-10,13-21,25-26H2,1-3H3. The molecule has 3 atom stereocenters. The summed E-state index contributed by atoms with van der Waals surface area (Å²) in [6.45, 7) is 7.19. The van der Waals surface area contributed by atoms with Crippen molar-refractivity contribution in [2.75, 3.05) is 6.54 Å². The SMILES string of the molecule is CCCCCCCCC=CCCCCCCCCC(NC(C)CN)C(C)N. The van der Waals surface area contributed by atoms with Crippen molar-refractivity contribution >= 4 is 0 Å². The molecule has 0 aliphatic heterocycles. The number of hydrogen-bond acceptors (Lipinski definition) is 3. The van der Waals surface area contributed by atoms with Crippen LogP contribution in [0.3, 0.4) is 0 Å². The van der Waals surface area contributed by atoms with Crippen LogP contribution in [0.2, 0.25) is 0 Å². The van der Waals surface area contributed by atoms with Crippen molar-refractivity contribution in [1.29, 1.82) is 0 Å². The Morgan fingerprint density at radius 2 is 1.22 bits per heavy atom. The Hall–Kier alpha value is -0.380. The van der Waals surface area contributed by atoms with E-state index in [1.54, 1.807) is 0 Å². The van der Waals surface area contributed by atoms with E-state index in [2.05, 4.69) is 38.2 Å². The van der Waals surface area contributed by atoms with E-state index >= 15 is 0 Å². The molecule has 3 heteroatoms. The van der Waals surface area contributed by atoms with Crippen LogP contribution < -0.4 is 16.8 Å². The maximum absolute atomic E-state index is 6.10. The summed E-state index contributed by atoms with van der Waals surface area (Å²) in [7, 11) is 0. The Balaban J connectivity index is 3.40. The smallest absolute Gasteiger partial charge is 0.0219 e. The molecule has 5 N–H and O–H groups in total. The maximum atomic E-state index is 6.10. The van der Waals surface area contributed by atoms with Gasteiger partial charge in [-0.05, 0) is 46.0 Å². The van der Waals surface area contributed by atoms with Crippen LogP contribution in [-0.4, -0.2) is 24.7 Å². The Bertz CT molecular complexity index is 315. The van der Waals surface area contributed by atoms with Gasteiger partial charge in [0.15, 0.2) is 0 Å². The highest BCUT2D eigenvalue weighted by molar-refractivity contribution is 4.81. The maximum Gasteiger partial charge on any atom is 0.0219 e. The van der Waals surface area contributed by atoms with Gasteiger partial charge >= 0.3 is 0 Å². The molecule has 0 spiro atoms. The molecule has 0 aliphatic carbocycles. The fraction of sp³-hybridized carbons (Fsp3) is 0.917. The first-order valence-corrected chi connectivity index (χ1v) is 12.0. The lowest BCUT2D eigenvalue weighted by Crippen LogP contribution is -2.49. The van der Waals surface area contributed by atoms with Gasteiger partial charge in [-0.1, -0.05) is 83.3 Å². The third kappa shape index (κ3) is 18.7. The van der Waals surface area contributed by atoms with Gasteiger partial charge in [0.2, 0.25) is 0 Å². The van der Waals surface area contributed by atoms with Gasteiger partial charge in [0.25, 0.3) is 0 Å². The van der Waals surface area contributed by atoms with Crippen molar-refractivity contribution in [3.8, 4) is 0 Å². The predicted molar refractivity (Wildman–Crippen MR) is 123 cm³/mol. The normalized spacial score (nSPS) is 15.3. The number of nitrogens with two attached hydrogens (primary N) is 2. The molecule has 0 fully saturated rings. The zero-order valence-electron chi connectivity index (χ0n) is 18.9. The topological polar surface area (TPSA) is 64.1 Å². The molecule has 27 heavy (non-hydrogen) atoms. The minimum Gasteiger partial charge on any atom is -0.329 e. The minimum atomic E-state index is 0.196. The van der Waals surface area contributed by atoms with E-state index in [-0.39, 0.29) is 6.04 Å². The van der Waals surface area contributed by atoms with E-state index in [0.717, 1.165) is 0 Å². The molecule has 0 aromatic heterocycles. The molecule has 0 saturated heterocycles. The van der Waals surface area contributed by atoms with Crippen LogP contribution >= 0.6 is 0 Å². The molecule has 162 valence electrons. The van der Waals surface area contributed by atoms with Crippen LogP contribution in [0.15, 0.2) is 12.2 Å². The molecule has 0 rings (SSSR count). The Morgan fingerprint density at radius 1 is 0.741 bits per heavy atom. The summed E-state index contributed by atoms with van der Waals surface area (Å²) in [5, 5.41) is 3.56. The monoisotopic (exact) mass is 381 g/mol. The minimum absolute atomic E-state index is 0.196. The average Bonchev–Trinajstić information content (AvgIpc) is 2.66. The zero-order chi connectivity index (χ0) is 20.2. The third-order valence-electron chi connectivity index (χ3n) is 5.51. The molecule has 0 aromatic rings. The van der Waals surface area contributed by atoms with E-state index in [9.17, 15) is 0 Å². The van der Waals surface area contributed by atoms with Crippen LogP contribution in [0.1, 0.15) is 117 Å². The van der Waals surface area contributed by atoms with Gasteiger partial charge in [0, 0.05) is 24.7 Å². The molecule has 0 saturated carbocycles. The van der Waals surface area contributed by atoms with Crippen molar-refractivity contribution < 1.29 is 0 Å². The summed E-state index contributed by atoms with van der Waals surface area (Å²) in [6.07, 6.45) is 25.0. The highest BCUT2D eigenvalue weighted by Crippen LogP contribution is 2.12. The van der Waals surface area contributed by atoms with Crippen molar-refractivity contribution in [1.82, 2.24) is 5.32 Å². The third-order valence-corrected chi connectivity index (χ3v) is 5.51. The lowest BCUT2D eigenvalue weighted by atomic mass is 10.0. The van der Waals surface area contributed by atoms with Gasteiger partial charge in [0.1, 0.15) is 0 Å².